The van der Waals surface area contributed by atoms with E-state index in [2.05, 4.69) is 26.8 Å². The van der Waals surface area contributed by atoms with Gasteiger partial charge in [-0.05, 0) is 42.7 Å². The molecule has 0 saturated carbocycles. The number of hydrogen-bond acceptors (Lipinski definition) is 1. The Kier molecular flexibility index (Phi) is 3.18. The third-order valence-corrected chi connectivity index (χ3v) is 2.43. The van der Waals surface area contributed by atoms with Gasteiger partial charge in [-0.25, -0.2) is 0 Å². The first-order valence-electron chi connectivity index (χ1n) is 5.05. The van der Waals surface area contributed by atoms with Gasteiger partial charge in [-0.1, -0.05) is 26.8 Å². The first-order valence-corrected chi connectivity index (χ1v) is 5.05. The fourth-order valence-electron chi connectivity index (χ4n) is 1.49. The molecular weight excluding hydrogens is 160 g/mol. The van der Waals surface area contributed by atoms with Gasteiger partial charge in [0.2, 0.25) is 0 Å². The van der Waals surface area contributed by atoms with E-state index in [9.17, 15) is 0 Å². The average Bonchev–Trinajstić information content (AvgIpc) is 2.02. The Balaban J connectivity index is 2.30. The summed E-state index contributed by atoms with van der Waals surface area (Å²) in [4.78, 5) is 0. The second-order valence-electron chi connectivity index (χ2n) is 5.08. The number of rotatable bonds is 2. The summed E-state index contributed by atoms with van der Waals surface area (Å²) in [6.45, 7) is 6.81. The fourth-order valence-corrected chi connectivity index (χ4v) is 1.49. The van der Waals surface area contributed by atoms with Crippen LogP contribution in [-0.2, 0) is 0 Å². The predicted octanol–water partition coefficient (Wildman–Crippen LogP) is 3.83. The molecule has 0 heterocycles. The van der Waals surface area contributed by atoms with Crippen LogP contribution in [0.15, 0.2) is 24.0 Å². The van der Waals surface area contributed by atoms with E-state index in [1.54, 1.807) is 0 Å². The molecule has 1 nitrogen and oxygen atoms in total. The van der Waals surface area contributed by atoms with E-state index in [1.165, 1.54) is 12.8 Å². The maximum Gasteiger partial charge on any atom is 0.111 e. The van der Waals surface area contributed by atoms with Crippen molar-refractivity contribution in [3.63, 3.8) is 0 Å². The highest BCUT2D eigenvalue weighted by Crippen LogP contribution is 2.27. The zero-order valence-electron chi connectivity index (χ0n) is 8.88. The Hall–Kier alpha value is -0.720. The molecule has 0 saturated heterocycles. The first-order chi connectivity index (χ1) is 5.97. The van der Waals surface area contributed by atoms with Crippen LogP contribution in [0.3, 0.4) is 0 Å². The van der Waals surface area contributed by atoms with Crippen LogP contribution in [0.5, 0.6) is 0 Å². The molecule has 1 N–H and O–H groups in total. The molecule has 0 aliphatic heterocycles. The first kappa shape index (κ1) is 10.4. The van der Waals surface area contributed by atoms with Gasteiger partial charge < -0.3 is 5.11 Å². The maximum atomic E-state index is 9.13. The van der Waals surface area contributed by atoms with E-state index >= 15 is 0 Å². The van der Waals surface area contributed by atoms with E-state index in [1.807, 2.05) is 12.2 Å². The Morgan fingerprint density at radius 2 is 2.15 bits per heavy atom. The summed E-state index contributed by atoms with van der Waals surface area (Å²) in [5, 5.41) is 9.13. The highest BCUT2D eigenvalue weighted by molar-refractivity contribution is 5.16. The molecule has 0 spiro atoms. The predicted molar refractivity (Wildman–Crippen MR) is 56.6 cm³/mol. The quantitative estimate of drug-likeness (QED) is 0.684. The monoisotopic (exact) mass is 180 g/mol. The minimum Gasteiger partial charge on any atom is -0.508 e. The molecule has 0 aromatic carbocycles. The van der Waals surface area contributed by atoms with Crippen molar-refractivity contribution in [3.8, 4) is 0 Å². The molecule has 0 aromatic rings. The Morgan fingerprint density at radius 3 is 2.62 bits per heavy atom. The largest absolute Gasteiger partial charge is 0.508 e. The molecule has 0 bridgehead atoms. The summed E-state index contributed by atoms with van der Waals surface area (Å²) >= 11 is 0. The molecule has 74 valence electrons. The second-order valence-corrected chi connectivity index (χ2v) is 5.08. The van der Waals surface area contributed by atoms with Gasteiger partial charge in [0, 0.05) is 0 Å². The smallest absolute Gasteiger partial charge is 0.111 e. The van der Waals surface area contributed by atoms with Crippen molar-refractivity contribution in [3.05, 3.63) is 24.0 Å². The lowest BCUT2D eigenvalue weighted by molar-refractivity contribution is 0.337. The van der Waals surface area contributed by atoms with Gasteiger partial charge in [0.25, 0.3) is 0 Å². The van der Waals surface area contributed by atoms with E-state index < -0.39 is 0 Å². The molecule has 1 rings (SSSR count). The van der Waals surface area contributed by atoms with Crippen molar-refractivity contribution in [2.24, 2.45) is 11.3 Å². The van der Waals surface area contributed by atoms with Crippen LogP contribution in [-0.4, -0.2) is 5.11 Å². The van der Waals surface area contributed by atoms with Crippen molar-refractivity contribution in [1.82, 2.24) is 0 Å². The van der Waals surface area contributed by atoms with Crippen molar-refractivity contribution in [2.45, 2.75) is 40.0 Å². The minimum atomic E-state index is 0.423. The fraction of sp³-hybridized carbons (Fsp3) is 0.667. The summed E-state index contributed by atoms with van der Waals surface area (Å²) in [5.74, 6) is 1.06. The molecule has 1 aliphatic rings. The van der Waals surface area contributed by atoms with Crippen molar-refractivity contribution in [1.29, 1.82) is 0 Å². The molecule has 0 amide bonds. The molecular formula is C12H20O. The molecule has 1 heteroatoms. The SMILES string of the molecule is CC(C)(C)CCC1C=CC(O)=CC1. The standard InChI is InChI=1S/C12H20O/c1-12(2,3)9-8-10-4-6-11(13)7-5-10/h4,6-7,10,13H,5,8-9H2,1-3H3. The van der Waals surface area contributed by atoms with E-state index in [0.717, 1.165) is 6.42 Å². The van der Waals surface area contributed by atoms with Gasteiger partial charge in [-0.2, -0.15) is 0 Å². The lowest BCUT2D eigenvalue weighted by Crippen LogP contribution is -2.09. The van der Waals surface area contributed by atoms with Gasteiger partial charge in [0.05, 0.1) is 0 Å². The molecule has 0 aromatic heterocycles. The number of allylic oxidation sites excluding steroid dienone is 3. The summed E-state index contributed by atoms with van der Waals surface area (Å²) in [5.41, 5.74) is 0.428. The lowest BCUT2D eigenvalue weighted by Gasteiger charge is -2.21. The summed E-state index contributed by atoms with van der Waals surface area (Å²) < 4.78 is 0. The highest BCUT2D eigenvalue weighted by atomic mass is 16.3. The van der Waals surface area contributed by atoms with Crippen molar-refractivity contribution in [2.75, 3.05) is 0 Å². The van der Waals surface area contributed by atoms with Crippen molar-refractivity contribution >= 4 is 0 Å². The van der Waals surface area contributed by atoms with E-state index in [4.69, 9.17) is 5.11 Å². The zero-order chi connectivity index (χ0) is 9.90. The van der Waals surface area contributed by atoms with Crippen LogP contribution in [0.4, 0.5) is 0 Å². The van der Waals surface area contributed by atoms with Crippen LogP contribution in [0, 0.1) is 11.3 Å². The topological polar surface area (TPSA) is 20.2 Å². The van der Waals surface area contributed by atoms with Crippen LogP contribution in [0.1, 0.15) is 40.0 Å². The molecule has 1 atom stereocenters. The maximum absolute atomic E-state index is 9.13. The second kappa shape index (κ2) is 3.99. The molecule has 1 unspecified atom stereocenters. The molecule has 13 heavy (non-hydrogen) atoms. The normalized spacial score (nSPS) is 23.0. The van der Waals surface area contributed by atoms with Gasteiger partial charge in [-0.3, -0.25) is 0 Å². The van der Waals surface area contributed by atoms with Gasteiger partial charge in [0.15, 0.2) is 0 Å². The Labute approximate surface area is 81.2 Å². The summed E-state index contributed by atoms with van der Waals surface area (Å²) in [7, 11) is 0. The third kappa shape index (κ3) is 4.16. The van der Waals surface area contributed by atoms with E-state index in [0.29, 0.717) is 17.1 Å². The van der Waals surface area contributed by atoms with E-state index in [-0.39, 0.29) is 0 Å². The Morgan fingerprint density at radius 1 is 1.46 bits per heavy atom. The number of aliphatic hydroxyl groups is 1. The number of hydrogen-bond donors (Lipinski definition) is 1. The third-order valence-electron chi connectivity index (χ3n) is 2.43. The van der Waals surface area contributed by atoms with Crippen LogP contribution in [0.2, 0.25) is 0 Å². The van der Waals surface area contributed by atoms with Gasteiger partial charge in [0.1, 0.15) is 5.76 Å². The minimum absolute atomic E-state index is 0.423. The van der Waals surface area contributed by atoms with Crippen LogP contribution >= 0.6 is 0 Å². The molecule has 0 fully saturated rings. The summed E-state index contributed by atoms with van der Waals surface area (Å²) in [6.07, 6.45) is 9.32. The van der Waals surface area contributed by atoms with Gasteiger partial charge in [-0.15, -0.1) is 0 Å². The molecule has 0 radical (unpaired) electrons. The Bertz CT molecular complexity index is 218. The van der Waals surface area contributed by atoms with Crippen LogP contribution in [0.25, 0.3) is 0 Å². The average molecular weight is 180 g/mol. The number of aliphatic hydroxyl groups excluding tert-OH is 1. The van der Waals surface area contributed by atoms with Crippen LogP contribution < -0.4 is 0 Å². The zero-order valence-corrected chi connectivity index (χ0v) is 8.88. The molecule has 1 aliphatic carbocycles. The lowest BCUT2D eigenvalue weighted by atomic mass is 9.84. The highest BCUT2D eigenvalue weighted by Gasteiger charge is 2.14. The van der Waals surface area contributed by atoms with Crippen molar-refractivity contribution < 1.29 is 5.11 Å². The summed E-state index contributed by atoms with van der Waals surface area (Å²) in [6, 6.07) is 0. The van der Waals surface area contributed by atoms with Gasteiger partial charge >= 0.3 is 0 Å².